The molecule has 3 rings (SSSR count). The first kappa shape index (κ1) is 18.1. The average molecular weight is 372 g/mol. The molecule has 0 saturated carbocycles. The number of thiophene rings is 2. The topological polar surface area (TPSA) is 50.1 Å². The lowest BCUT2D eigenvalue weighted by Gasteiger charge is -2.18. The number of rotatable bonds is 10. The van der Waals surface area contributed by atoms with Crippen LogP contribution < -0.4 is 16.4 Å². The van der Waals surface area contributed by atoms with Crippen molar-refractivity contribution >= 4 is 28.4 Å². The average Bonchev–Trinajstić information content (AvgIpc) is 3.30. The van der Waals surface area contributed by atoms with Crippen molar-refractivity contribution in [2.45, 2.75) is 19.5 Å². The predicted molar refractivity (Wildman–Crippen MR) is 110 cm³/mol. The summed E-state index contributed by atoms with van der Waals surface area (Å²) in [7, 11) is 0. The van der Waals surface area contributed by atoms with Crippen LogP contribution in [0.25, 0.3) is 0 Å². The van der Waals surface area contributed by atoms with Crippen molar-refractivity contribution in [3.63, 3.8) is 0 Å². The third-order valence-corrected chi connectivity index (χ3v) is 5.88. The Morgan fingerprint density at radius 3 is 1.84 bits per heavy atom. The number of benzene rings is 1. The molecular formula is C20H25N3S2. The summed E-state index contributed by atoms with van der Waals surface area (Å²) >= 11 is 3.61. The minimum absolute atomic E-state index is 0.545. The van der Waals surface area contributed by atoms with E-state index in [2.05, 4.69) is 57.8 Å². The second-order valence-corrected chi connectivity index (χ2v) is 8.30. The van der Waals surface area contributed by atoms with Gasteiger partial charge >= 0.3 is 0 Å². The van der Waals surface area contributed by atoms with Crippen molar-refractivity contribution in [2.24, 2.45) is 5.92 Å². The van der Waals surface area contributed by atoms with Crippen LogP contribution in [-0.4, -0.2) is 13.1 Å². The van der Waals surface area contributed by atoms with E-state index in [4.69, 9.17) is 5.73 Å². The lowest BCUT2D eigenvalue weighted by atomic mass is 9.98. The minimum atomic E-state index is 0.545. The third-order valence-electron chi connectivity index (χ3n) is 4.13. The van der Waals surface area contributed by atoms with Crippen LogP contribution in [0.4, 0.5) is 5.69 Å². The number of hydrogen-bond donors (Lipinski definition) is 3. The Balaban J connectivity index is 1.51. The fourth-order valence-electron chi connectivity index (χ4n) is 2.83. The van der Waals surface area contributed by atoms with E-state index in [9.17, 15) is 0 Å². The Bertz CT molecular complexity index is 666. The third kappa shape index (κ3) is 6.29. The molecule has 0 atom stereocenters. The monoisotopic (exact) mass is 371 g/mol. The fourth-order valence-corrected chi connectivity index (χ4v) is 4.18. The highest BCUT2D eigenvalue weighted by Crippen LogP contribution is 2.13. The van der Waals surface area contributed by atoms with Gasteiger partial charge in [-0.15, -0.1) is 22.7 Å². The summed E-state index contributed by atoms with van der Waals surface area (Å²) in [4.78, 5) is 2.77. The minimum Gasteiger partial charge on any atom is -0.399 e. The van der Waals surface area contributed by atoms with Gasteiger partial charge in [-0.3, -0.25) is 0 Å². The quantitative estimate of drug-likeness (QED) is 0.470. The van der Waals surface area contributed by atoms with E-state index in [0.717, 1.165) is 38.3 Å². The van der Waals surface area contributed by atoms with Gasteiger partial charge in [-0.25, -0.2) is 0 Å². The smallest absolute Gasteiger partial charge is 0.0314 e. The molecule has 0 spiro atoms. The Kier molecular flexibility index (Phi) is 7.06. The molecule has 2 aromatic heterocycles. The van der Waals surface area contributed by atoms with Crippen molar-refractivity contribution in [3.05, 3.63) is 74.6 Å². The van der Waals surface area contributed by atoms with E-state index >= 15 is 0 Å². The summed E-state index contributed by atoms with van der Waals surface area (Å²) in [5, 5.41) is 11.5. The molecule has 0 unspecified atom stereocenters. The molecule has 4 N–H and O–H groups in total. The molecular weight excluding hydrogens is 346 g/mol. The van der Waals surface area contributed by atoms with Crippen molar-refractivity contribution < 1.29 is 0 Å². The van der Waals surface area contributed by atoms with Gasteiger partial charge in [0, 0.05) is 28.5 Å². The van der Waals surface area contributed by atoms with Gasteiger partial charge < -0.3 is 16.4 Å². The maximum atomic E-state index is 5.80. The fraction of sp³-hybridized carbons (Fsp3) is 0.300. The maximum absolute atomic E-state index is 5.80. The molecule has 1 aromatic carbocycles. The van der Waals surface area contributed by atoms with Gasteiger partial charge in [0.2, 0.25) is 0 Å². The largest absolute Gasteiger partial charge is 0.399 e. The number of anilines is 1. The molecule has 0 aliphatic rings. The maximum Gasteiger partial charge on any atom is 0.0314 e. The van der Waals surface area contributed by atoms with Crippen LogP contribution in [0.1, 0.15) is 15.3 Å². The standard InChI is InChI=1S/C20H25N3S2/c21-18-7-5-16(6-8-18)11-17(12-22-14-19-3-1-9-24-19)13-23-15-20-4-2-10-25-20/h1-10,17,22-23H,11-15,21H2. The highest BCUT2D eigenvalue weighted by Gasteiger charge is 2.10. The second kappa shape index (κ2) is 9.73. The summed E-state index contributed by atoms with van der Waals surface area (Å²) in [5.74, 6) is 0.545. The number of nitrogen functional groups attached to an aromatic ring is 1. The van der Waals surface area contributed by atoms with Gasteiger partial charge in [-0.05, 0) is 66.0 Å². The normalized spacial score (nSPS) is 11.2. The number of nitrogens with one attached hydrogen (secondary N) is 2. The Labute approximate surface area is 157 Å². The molecule has 0 aliphatic heterocycles. The zero-order valence-corrected chi connectivity index (χ0v) is 15.9. The molecule has 0 amide bonds. The molecule has 0 bridgehead atoms. The molecule has 3 nitrogen and oxygen atoms in total. The molecule has 0 aliphatic carbocycles. The molecule has 0 saturated heterocycles. The lowest BCUT2D eigenvalue weighted by molar-refractivity contribution is 0.440. The highest BCUT2D eigenvalue weighted by atomic mass is 32.1. The van der Waals surface area contributed by atoms with Crippen LogP contribution in [0, 0.1) is 5.92 Å². The summed E-state index contributed by atoms with van der Waals surface area (Å²) in [6.07, 6.45) is 1.05. The predicted octanol–water partition coefficient (Wildman–Crippen LogP) is 4.13. The van der Waals surface area contributed by atoms with Crippen LogP contribution in [0.3, 0.4) is 0 Å². The zero-order chi connectivity index (χ0) is 17.3. The van der Waals surface area contributed by atoms with Crippen molar-refractivity contribution in [1.82, 2.24) is 10.6 Å². The molecule has 3 aromatic rings. The van der Waals surface area contributed by atoms with Crippen LogP contribution in [0.5, 0.6) is 0 Å². The summed E-state index contributed by atoms with van der Waals surface area (Å²) in [5.41, 5.74) is 7.97. The first-order valence-electron chi connectivity index (χ1n) is 8.60. The van der Waals surface area contributed by atoms with Crippen molar-refractivity contribution in [1.29, 1.82) is 0 Å². The van der Waals surface area contributed by atoms with Gasteiger partial charge in [0.05, 0.1) is 0 Å². The van der Waals surface area contributed by atoms with E-state index in [-0.39, 0.29) is 0 Å². The van der Waals surface area contributed by atoms with Gasteiger partial charge in [0.1, 0.15) is 0 Å². The SMILES string of the molecule is Nc1ccc(CC(CNCc2cccs2)CNCc2cccs2)cc1. The van der Waals surface area contributed by atoms with E-state index in [0.29, 0.717) is 5.92 Å². The zero-order valence-electron chi connectivity index (χ0n) is 14.3. The Morgan fingerprint density at radius 2 is 1.36 bits per heavy atom. The first-order valence-corrected chi connectivity index (χ1v) is 10.4. The summed E-state index contributed by atoms with van der Waals surface area (Å²) in [6, 6.07) is 16.8. The molecule has 0 radical (unpaired) electrons. The number of nitrogens with two attached hydrogens (primary N) is 1. The van der Waals surface area contributed by atoms with Crippen LogP contribution in [0.2, 0.25) is 0 Å². The molecule has 0 fully saturated rings. The Hall–Kier alpha value is -1.66. The molecule has 2 heterocycles. The first-order chi connectivity index (χ1) is 12.3. The van der Waals surface area contributed by atoms with Gasteiger partial charge in [0.25, 0.3) is 0 Å². The van der Waals surface area contributed by atoms with Crippen molar-refractivity contribution in [3.8, 4) is 0 Å². The highest BCUT2D eigenvalue weighted by molar-refractivity contribution is 7.10. The molecule has 132 valence electrons. The van der Waals surface area contributed by atoms with Gasteiger partial charge in [-0.2, -0.15) is 0 Å². The summed E-state index contributed by atoms with van der Waals surface area (Å²) in [6.45, 7) is 3.89. The second-order valence-electron chi connectivity index (χ2n) is 6.23. The summed E-state index contributed by atoms with van der Waals surface area (Å²) < 4.78 is 0. The lowest BCUT2D eigenvalue weighted by Crippen LogP contribution is -2.32. The Morgan fingerprint density at radius 1 is 0.800 bits per heavy atom. The van der Waals surface area contributed by atoms with Crippen LogP contribution in [-0.2, 0) is 19.5 Å². The van der Waals surface area contributed by atoms with E-state index < -0.39 is 0 Å². The van der Waals surface area contributed by atoms with Gasteiger partial charge in [0.15, 0.2) is 0 Å². The van der Waals surface area contributed by atoms with E-state index in [1.54, 1.807) is 22.7 Å². The van der Waals surface area contributed by atoms with Gasteiger partial charge in [-0.1, -0.05) is 24.3 Å². The number of hydrogen-bond acceptors (Lipinski definition) is 5. The van der Waals surface area contributed by atoms with E-state index in [1.165, 1.54) is 15.3 Å². The molecule has 5 heteroatoms. The van der Waals surface area contributed by atoms with Crippen LogP contribution in [0.15, 0.2) is 59.3 Å². The van der Waals surface area contributed by atoms with Crippen LogP contribution >= 0.6 is 22.7 Å². The molecule has 25 heavy (non-hydrogen) atoms. The van der Waals surface area contributed by atoms with Crippen molar-refractivity contribution in [2.75, 3.05) is 18.8 Å². The van der Waals surface area contributed by atoms with E-state index in [1.807, 2.05) is 12.1 Å².